The molecule has 1 saturated heterocycles. The van der Waals surface area contributed by atoms with Crippen molar-refractivity contribution in [2.45, 2.75) is 24.9 Å². The van der Waals surface area contributed by atoms with Crippen molar-refractivity contribution in [1.29, 1.82) is 0 Å². The molecule has 17 heavy (non-hydrogen) atoms. The largest absolute Gasteiger partial charge is 0.493 e. The molecule has 0 aromatic heterocycles. The standard InChI is InChI=1S/C14H19NO2/c1-15-7-2-6-14(16,10-15)12-3-4-13-11(9-12)5-8-17-13/h3-4,9,16H,2,5-8,10H2,1H3. The van der Waals surface area contributed by atoms with Crippen LogP contribution in [0.1, 0.15) is 24.0 Å². The lowest BCUT2D eigenvalue weighted by atomic mass is 9.85. The van der Waals surface area contributed by atoms with Crippen molar-refractivity contribution in [2.75, 3.05) is 26.7 Å². The monoisotopic (exact) mass is 233 g/mol. The minimum atomic E-state index is -0.676. The second-order valence-electron chi connectivity index (χ2n) is 5.29. The Hall–Kier alpha value is -1.06. The van der Waals surface area contributed by atoms with Crippen LogP contribution >= 0.6 is 0 Å². The van der Waals surface area contributed by atoms with Gasteiger partial charge in [0, 0.05) is 13.0 Å². The molecule has 3 heteroatoms. The minimum Gasteiger partial charge on any atom is -0.493 e. The van der Waals surface area contributed by atoms with Crippen molar-refractivity contribution < 1.29 is 9.84 Å². The van der Waals surface area contributed by atoms with Crippen molar-refractivity contribution in [1.82, 2.24) is 4.90 Å². The SMILES string of the molecule is CN1CCCC(O)(c2ccc3c(c2)CCO3)C1. The number of hydrogen-bond acceptors (Lipinski definition) is 3. The highest BCUT2D eigenvalue weighted by molar-refractivity contribution is 5.41. The number of aliphatic hydroxyl groups is 1. The zero-order valence-corrected chi connectivity index (χ0v) is 10.3. The van der Waals surface area contributed by atoms with Gasteiger partial charge in [0.1, 0.15) is 11.4 Å². The van der Waals surface area contributed by atoms with E-state index in [0.29, 0.717) is 0 Å². The van der Waals surface area contributed by atoms with E-state index in [1.165, 1.54) is 5.56 Å². The van der Waals surface area contributed by atoms with Crippen LogP contribution in [0.25, 0.3) is 0 Å². The average Bonchev–Trinajstić information content (AvgIpc) is 2.75. The number of benzene rings is 1. The van der Waals surface area contributed by atoms with Crippen LogP contribution in [-0.4, -0.2) is 36.8 Å². The lowest BCUT2D eigenvalue weighted by Gasteiger charge is -2.38. The molecule has 1 atom stereocenters. The maximum atomic E-state index is 10.8. The van der Waals surface area contributed by atoms with Crippen LogP contribution in [-0.2, 0) is 12.0 Å². The molecule has 2 heterocycles. The summed E-state index contributed by atoms with van der Waals surface area (Å²) in [5, 5.41) is 10.8. The minimum absolute atomic E-state index is 0.676. The number of piperidine rings is 1. The van der Waals surface area contributed by atoms with Gasteiger partial charge in [-0.1, -0.05) is 6.07 Å². The van der Waals surface area contributed by atoms with Crippen LogP contribution in [0.3, 0.4) is 0 Å². The Morgan fingerprint density at radius 1 is 1.41 bits per heavy atom. The van der Waals surface area contributed by atoms with Crippen LogP contribution in [0.15, 0.2) is 18.2 Å². The summed E-state index contributed by atoms with van der Waals surface area (Å²) in [5.41, 5.74) is 1.61. The molecule has 0 aliphatic carbocycles. The Labute approximate surface area is 102 Å². The van der Waals surface area contributed by atoms with Crippen molar-refractivity contribution in [2.24, 2.45) is 0 Å². The van der Waals surface area contributed by atoms with E-state index in [4.69, 9.17) is 4.74 Å². The first kappa shape index (κ1) is 11.1. The van der Waals surface area contributed by atoms with Crippen molar-refractivity contribution in [3.63, 3.8) is 0 Å². The van der Waals surface area contributed by atoms with Crippen LogP contribution in [0, 0.1) is 0 Å². The van der Waals surface area contributed by atoms with Gasteiger partial charge in [-0.15, -0.1) is 0 Å². The molecule has 1 fully saturated rings. The molecule has 1 N–H and O–H groups in total. The van der Waals surface area contributed by atoms with E-state index in [-0.39, 0.29) is 0 Å². The second kappa shape index (κ2) is 4.00. The predicted octanol–water partition coefficient (Wildman–Crippen LogP) is 1.53. The van der Waals surface area contributed by atoms with Gasteiger partial charge in [-0.2, -0.15) is 0 Å². The summed E-state index contributed by atoms with van der Waals surface area (Å²) in [6, 6.07) is 6.15. The third-order valence-corrected chi connectivity index (χ3v) is 3.89. The zero-order chi connectivity index (χ0) is 11.9. The van der Waals surface area contributed by atoms with Gasteiger partial charge in [-0.25, -0.2) is 0 Å². The number of ether oxygens (including phenoxy) is 1. The summed E-state index contributed by atoms with van der Waals surface area (Å²) in [4.78, 5) is 2.20. The molecule has 1 aromatic carbocycles. The summed E-state index contributed by atoms with van der Waals surface area (Å²) in [7, 11) is 2.07. The molecule has 3 rings (SSSR count). The van der Waals surface area contributed by atoms with Gasteiger partial charge in [0.05, 0.1) is 6.61 Å². The summed E-state index contributed by atoms with van der Waals surface area (Å²) >= 11 is 0. The Kier molecular flexibility index (Phi) is 2.60. The lowest BCUT2D eigenvalue weighted by molar-refractivity contribution is -0.0278. The van der Waals surface area contributed by atoms with Crippen molar-refractivity contribution >= 4 is 0 Å². The molecule has 1 unspecified atom stereocenters. The van der Waals surface area contributed by atoms with Gasteiger partial charge < -0.3 is 14.7 Å². The number of fused-ring (bicyclic) bond motifs is 1. The van der Waals surface area contributed by atoms with E-state index in [0.717, 1.165) is 50.3 Å². The molecule has 1 aromatic rings. The number of β-amino-alcohol motifs (C(OH)–C–C–N with tert-alkyl or cyclic N) is 1. The number of likely N-dealkylation sites (tertiary alicyclic amines) is 1. The molecule has 2 aliphatic heterocycles. The van der Waals surface area contributed by atoms with Gasteiger partial charge in [-0.3, -0.25) is 0 Å². The Morgan fingerprint density at radius 3 is 3.12 bits per heavy atom. The first-order valence-electron chi connectivity index (χ1n) is 6.34. The molecular weight excluding hydrogens is 214 g/mol. The van der Waals surface area contributed by atoms with Crippen LogP contribution in [0.2, 0.25) is 0 Å². The van der Waals surface area contributed by atoms with E-state index < -0.39 is 5.60 Å². The van der Waals surface area contributed by atoms with E-state index >= 15 is 0 Å². The van der Waals surface area contributed by atoms with Gasteiger partial charge in [0.2, 0.25) is 0 Å². The number of hydrogen-bond donors (Lipinski definition) is 1. The van der Waals surface area contributed by atoms with Crippen LogP contribution in [0.4, 0.5) is 0 Å². The number of nitrogens with zero attached hydrogens (tertiary/aromatic N) is 1. The van der Waals surface area contributed by atoms with E-state index in [9.17, 15) is 5.11 Å². The van der Waals surface area contributed by atoms with E-state index in [2.05, 4.69) is 18.0 Å². The molecule has 2 aliphatic rings. The normalized spacial score (nSPS) is 28.8. The second-order valence-corrected chi connectivity index (χ2v) is 5.29. The van der Waals surface area contributed by atoms with Gasteiger partial charge in [0.15, 0.2) is 0 Å². The third-order valence-electron chi connectivity index (χ3n) is 3.89. The molecule has 0 amide bonds. The summed E-state index contributed by atoms with van der Waals surface area (Å²) in [6.45, 7) is 2.58. The quantitative estimate of drug-likeness (QED) is 0.798. The first-order valence-corrected chi connectivity index (χ1v) is 6.34. The highest BCUT2D eigenvalue weighted by atomic mass is 16.5. The molecule has 92 valence electrons. The van der Waals surface area contributed by atoms with Crippen molar-refractivity contribution in [3.05, 3.63) is 29.3 Å². The first-order chi connectivity index (χ1) is 8.17. The van der Waals surface area contributed by atoms with Crippen LogP contribution < -0.4 is 4.74 Å². The number of rotatable bonds is 1. The highest BCUT2D eigenvalue weighted by Gasteiger charge is 2.34. The van der Waals surface area contributed by atoms with E-state index in [1.807, 2.05) is 12.1 Å². The summed E-state index contributed by atoms with van der Waals surface area (Å²) in [5.74, 6) is 0.988. The molecular formula is C14H19NO2. The Balaban J connectivity index is 1.92. The Morgan fingerprint density at radius 2 is 2.29 bits per heavy atom. The lowest BCUT2D eigenvalue weighted by Crippen LogP contribution is -2.44. The maximum Gasteiger partial charge on any atom is 0.122 e. The fraction of sp³-hybridized carbons (Fsp3) is 0.571. The van der Waals surface area contributed by atoms with Crippen LogP contribution in [0.5, 0.6) is 5.75 Å². The summed E-state index contributed by atoms with van der Waals surface area (Å²) < 4.78 is 5.50. The smallest absolute Gasteiger partial charge is 0.122 e. The molecule has 0 radical (unpaired) electrons. The molecule has 0 saturated carbocycles. The molecule has 0 spiro atoms. The van der Waals surface area contributed by atoms with Gasteiger partial charge in [0.25, 0.3) is 0 Å². The van der Waals surface area contributed by atoms with Crippen molar-refractivity contribution in [3.8, 4) is 5.75 Å². The predicted molar refractivity (Wildman–Crippen MR) is 66.3 cm³/mol. The van der Waals surface area contributed by atoms with Gasteiger partial charge >= 0.3 is 0 Å². The topological polar surface area (TPSA) is 32.7 Å². The average molecular weight is 233 g/mol. The van der Waals surface area contributed by atoms with Gasteiger partial charge in [-0.05, 0) is 49.7 Å². The molecule has 0 bridgehead atoms. The summed E-state index contributed by atoms with van der Waals surface area (Å²) in [6.07, 6.45) is 2.88. The third kappa shape index (κ3) is 1.94. The highest BCUT2D eigenvalue weighted by Crippen LogP contribution is 2.35. The fourth-order valence-corrected chi connectivity index (χ4v) is 2.96. The fourth-order valence-electron chi connectivity index (χ4n) is 2.96. The molecule has 3 nitrogen and oxygen atoms in total. The zero-order valence-electron chi connectivity index (χ0n) is 10.3. The van der Waals surface area contributed by atoms with E-state index in [1.54, 1.807) is 0 Å². The maximum absolute atomic E-state index is 10.8. The number of likely N-dealkylation sites (N-methyl/N-ethyl adjacent to an activating group) is 1. The Bertz CT molecular complexity index is 432.